The van der Waals surface area contributed by atoms with E-state index in [1.165, 1.54) is 0 Å². The van der Waals surface area contributed by atoms with E-state index in [0.29, 0.717) is 18.6 Å². The van der Waals surface area contributed by atoms with Gasteiger partial charge in [0.1, 0.15) is 5.92 Å². The van der Waals surface area contributed by atoms with Crippen molar-refractivity contribution < 1.29 is 14.3 Å². The molecule has 0 amide bonds. The van der Waals surface area contributed by atoms with Gasteiger partial charge < -0.3 is 4.74 Å². The first kappa shape index (κ1) is 10.9. The number of ketones is 1. The largest absolute Gasteiger partial charge is 0.465 e. The average Bonchev–Trinajstić information content (AvgIpc) is 2.64. The monoisotopic (exact) mass is 218 g/mol. The van der Waals surface area contributed by atoms with Gasteiger partial charge in [0.05, 0.1) is 6.61 Å². The molecule has 16 heavy (non-hydrogen) atoms. The Balaban J connectivity index is 2.12. The smallest absolute Gasteiger partial charge is 0.317 e. The third kappa shape index (κ3) is 1.85. The van der Waals surface area contributed by atoms with Crippen LogP contribution < -0.4 is 0 Å². The highest BCUT2D eigenvalue weighted by Gasteiger charge is 2.36. The van der Waals surface area contributed by atoms with E-state index >= 15 is 0 Å². The summed E-state index contributed by atoms with van der Waals surface area (Å²) in [6.45, 7) is 2.32. The molecule has 0 aliphatic heterocycles. The van der Waals surface area contributed by atoms with Gasteiger partial charge in [-0.2, -0.15) is 0 Å². The third-order valence-corrected chi connectivity index (χ3v) is 2.76. The molecular formula is C13H14O3. The van der Waals surface area contributed by atoms with E-state index < -0.39 is 5.92 Å². The molecule has 2 rings (SSSR count). The summed E-state index contributed by atoms with van der Waals surface area (Å²) in [5.41, 5.74) is 1.62. The highest BCUT2D eigenvalue weighted by molar-refractivity contribution is 6.12. The van der Waals surface area contributed by atoms with Gasteiger partial charge in [-0.25, -0.2) is 0 Å². The van der Waals surface area contributed by atoms with Gasteiger partial charge in [-0.1, -0.05) is 31.2 Å². The van der Waals surface area contributed by atoms with Gasteiger partial charge in [0.15, 0.2) is 5.78 Å². The van der Waals surface area contributed by atoms with Crippen molar-refractivity contribution in [1.29, 1.82) is 0 Å². The zero-order valence-electron chi connectivity index (χ0n) is 9.23. The maximum Gasteiger partial charge on any atom is 0.317 e. The SMILES string of the molecule is CCCOC(=O)C1Cc2ccccc2C1=O. The van der Waals surface area contributed by atoms with Crippen LogP contribution in [0.5, 0.6) is 0 Å². The van der Waals surface area contributed by atoms with Gasteiger partial charge in [0.2, 0.25) is 0 Å². The molecule has 0 spiro atoms. The summed E-state index contributed by atoms with van der Waals surface area (Å²) in [5, 5.41) is 0. The van der Waals surface area contributed by atoms with Crippen molar-refractivity contribution in [3.8, 4) is 0 Å². The second-order valence-corrected chi connectivity index (χ2v) is 3.95. The summed E-state index contributed by atoms with van der Waals surface area (Å²) >= 11 is 0. The number of fused-ring (bicyclic) bond motifs is 1. The van der Waals surface area contributed by atoms with Crippen molar-refractivity contribution in [2.75, 3.05) is 6.61 Å². The van der Waals surface area contributed by atoms with Gasteiger partial charge in [0, 0.05) is 5.56 Å². The standard InChI is InChI=1S/C13H14O3/c1-2-7-16-13(15)11-8-9-5-3-4-6-10(9)12(11)14/h3-6,11H,2,7-8H2,1H3. The van der Waals surface area contributed by atoms with Crippen LogP contribution in [0.3, 0.4) is 0 Å². The topological polar surface area (TPSA) is 43.4 Å². The van der Waals surface area contributed by atoms with Gasteiger partial charge >= 0.3 is 5.97 Å². The Kier molecular flexibility index (Phi) is 3.04. The van der Waals surface area contributed by atoms with Crippen LogP contribution in [0.1, 0.15) is 29.3 Å². The maximum atomic E-state index is 11.9. The minimum absolute atomic E-state index is 0.100. The third-order valence-electron chi connectivity index (χ3n) is 2.76. The number of esters is 1. The number of Topliss-reactive ketones (excluding diaryl/α,β-unsaturated/α-hetero) is 1. The molecule has 0 aromatic heterocycles. The molecule has 0 heterocycles. The predicted octanol–water partition coefficient (Wildman–Crippen LogP) is 1.99. The quantitative estimate of drug-likeness (QED) is 0.575. The molecule has 0 saturated carbocycles. The molecule has 84 valence electrons. The van der Waals surface area contributed by atoms with Gasteiger partial charge in [-0.15, -0.1) is 0 Å². The molecule has 1 atom stereocenters. The molecule has 1 aliphatic carbocycles. The Bertz CT molecular complexity index is 423. The van der Waals surface area contributed by atoms with Crippen LogP contribution in [-0.2, 0) is 16.0 Å². The Labute approximate surface area is 94.4 Å². The van der Waals surface area contributed by atoms with Crippen molar-refractivity contribution in [1.82, 2.24) is 0 Å². The molecule has 1 aliphatic rings. The van der Waals surface area contributed by atoms with Crippen LogP contribution in [0, 0.1) is 5.92 Å². The molecule has 1 aromatic carbocycles. The molecule has 0 saturated heterocycles. The molecule has 0 bridgehead atoms. The molecule has 0 radical (unpaired) electrons. The summed E-state index contributed by atoms with van der Waals surface area (Å²) in [7, 11) is 0. The van der Waals surface area contributed by atoms with Crippen LogP contribution >= 0.6 is 0 Å². The van der Waals surface area contributed by atoms with Crippen molar-refractivity contribution >= 4 is 11.8 Å². The van der Waals surface area contributed by atoms with E-state index in [1.54, 1.807) is 6.07 Å². The Morgan fingerprint density at radius 3 is 2.88 bits per heavy atom. The van der Waals surface area contributed by atoms with Crippen LogP contribution in [0.25, 0.3) is 0 Å². The lowest BCUT2D eigenvalue weighted by Gasteiger charge is -2.07. The second kappa shape index (κ2) is 4.47. The Morgan fingerprint density at radius 2 is 2.19 bits per heavy atom. The summed E-state index contributed by atoms with van der Waals surface area (Å²) < 4.78 is 5.02. The highest BCUT2D eigenvalue weighted by Crippen LogP contribution is 2.27. The summed E-state index contributed by atoms with van der Waals surface area (Å²) in [4.78, 5) is 23.5. The van der Waals surface area contributed by atoms with E-state index in [2.05, 4.69) is 0 Å². The molecule has 3 heteroatoms. The summed E-state index contributed by atoms with van der Waals surface area (Å²) in [5.74, 6) is -1.11. The number of carbonyl (C=O) groups is 2. The number of rotatable bonds is 3. The minimum atomic E-state index is -0.621. The van der Waals surface area contributed by atoms with E-state index in [1.807, 2.05) is 25.1 Å². The zero-order chi connectivity index (χ0) is 11.5. The fourth-order valence-electron chi connectivity index (χ4n) is 1.93. The van der Waals surface area contributed by atoms with Crippen molar-refractivity contribution in [2.24, 2.45) is 5.92 Å². The predicted molar refractivity (Wildman–Crippen MR) is 59.2 cm³/mol. The molecule has 1 aromatic rings. The lowest BCUT2D eigenvalue weighted by molar-refractivity contribution is -0.146. The summed E-state index contributed by atoms with van der Waals surface area (Å²) in [6, 6.07) is 7.35. The van der Waals surface area contributed by atoms with Crippen molar-refractivity contribution in [3.05, 3.63) is 35.4 Å². The molecule has 3 nitrogen and oxygen atoms in total. The van der Waals surface area contributed by atoms with Gasteiger partial charge in [0.25, 0.3) is 0 Å². The highest BCUT2D eigenvalue weighted by atomic mass is 16.5. The van der Waals surface area contributed by atoms with E-state index in [-0.39, 0.29) is 11.8 Å². The molecule has 1 unspecified atom stereocenters. The van der Waals surface area contributed by atoms with E-state index in [0.717, 1.165) is 12.0 Å². The molecular weight excluding hydrogens is 204 g/mol. The average molecular weight is 218 g/mol. The molecule has 0 N–H and O–H groups in total. The van der Waals surface area contributed by atoms with Crippen molar-refractivity contribution in [3.63, 3.8) is 0 Å². The van der Waals surface area contributed by atoms with Crippen LogP contribution in [0.2, 0.25) is 0 Å². The zero-order valence-corrected chi connectivity index (χ0v) is 9.23. The Morgan fingerprint density at radius 1 is 1.44 bits per heavy atom. The molecule has 0 fully saturated rings. The lowest BCUT2D eigenvalue weighted by atomic mass is 10.1. The number of hydrogen-bond acceptors (Lipinski definition) is 3. The summed E-state index contributed by atoms with van der Waals surface area (Å²) in [6.07, 6.45) is 1.26. The fraction of sp³-hybridized carbons (Fsp3) is 0.385. The normalized spacial score (nSPS) is 18.3. The van der Waals surface area contributed by atoms with Crippen LogP contribution in [0.15, 0.2) is 24.3 Å². The fourth-order valence-corrected chi connectivity index (χ4v) is 1.93. The number of ether oxygens (including phenoxy) is 1. The first-order valence-corrected chi connectivity index (χ1v) is 5.52. The van der Waals surface area contributed by atoms with Gasteiger partial charge in [-0.05, 0) is 18.4 Å². The Hall–Kier alpha value is -1.64. The van der Waals surface area contributed by atoms with E-state index in [9.17, 15) is 9.59 Å². The van der Waals surface area contributed by atoms with Crippen LogP contribution in [0.4, 0.5) is 0 Å². The van der Waals surface area contributed by atoms with Gasteiger partial charge in [-0.3, -0.25) is 9.59 Å². The van der Waals surface area contributed by atoms with E-state index in [4.69, 9.17) is 4.74 Å². The van der Waals surface area contributed by atoms with Crippen LogP contribution in [-0.4, -0.2) is 18.4 Å². The number of carbonyl (C=O) groups excluding carboxylic acids is 2. The minimum Gasteiger partial charge on any atom is -0.465 e. The number of hydrogen-bond donors (Lipinski definition) is 0. The first-order valence-electron chi connectivity index (χ1n) is 5.52. The first-order chi connectivity index (χ1) is 7.74. The number of benzene rings is 1. The lowest BCUT2D eigenvalue weighted by Crippen LogP contribution is -2.23. The maximum absolute atomic E-state index is 11.9. The van der Waals surface area contributed by atoms with Crippen molar-refractivity contribution in [2.45, 2.75) is 19.8 Å². The second-order valence-electron chi connectivity index (χ2n) is 3.95.